The SMILES string of the molecule is COc1ccc(/C=C\C(=O)NO)c(OCc2cc(OC)c(OC)c(OC)c2)c1CC=C(C)C. The molecular weight excluding hydrogens is 426 g/mol. The lowest BCUT2D eigenvalue weighted by molar-refractivity contribution is -0.124. The molecule has 8 nitrogen and oxygen atoms in total. The Morgan fingerprint density at radius 2 is 1.58 bits per heavy atom. The van der Waals surface area contributed by atoms with Gasteiger partial charge in [-0.2, -0.15) is 0 Å². The summed E-state index contributed by atoms with van der Waals surface area (Å²) in [5.74, 6) is 2.11. The van der Waals surface area contributed by atoms with Crippen LogP contribution in [0.2, 0.25) is 0 Å². The highest BCUT2D eigenvalue weighted by molar-refractivity contribution is 5.91. The number of benzene rings is 2. The van der Waals surface area contributed by atoms with Gasteiger partial charge in [0.05, 0.1) is 28.4 Å². The zero-order valence-electron chi connectivity index (χ0n) is 19.9. The largest absolute Gasteiger partial charge is 0.496 e. The number of ether oxygens (including phenoxy) is 5. The minimum atomic E-state index is -0.646. The van der Waals surface area contributed by atoms with Gasteiger partial charge in [-0.3, -0.25) is 10.0 Å². The minimum Gasteiger partial charge on any atom is -0.496 e. The Hall–Kier alpha value is -3.65. The topological polar surface area (TPSA) is 95.5 Å². The second kappa shape index (κ2) is 12.4. The first-order valence-electron chi connectivity index (χ1n) is 10.3. The van der Waals surface area contributed by atoms with E-state index in [2.05, 4.69) is 6.08 Å². The second-order valence-electron chi connectivity index (χ2n) is 7.28. The van der Waals surface area contributed by atoms with Crippen LogP contribution in [-0.2, 0) is 17.8 Å². The molecular formula is C25H31NO7. The summed E-state index contributed by atoms with van der Waals surface area (Å²) in [4.78, 5) is 11.5. The van der Waals surface area contributed by atoms with E-state index in [4.69, 9.17) is 28.9 Å². The number of hydrogen-bond acceptors (Lipinski definition) is 7. The average Bonchev–Trinajstić information content (AvgIpc) is 2.83. The number of carbonyl (C=O) groups excluding carboxylic acids is 1. The molecule has 1 amide bonds. The van der Waals surface area contributed by atoms with Crippen molar-refractivity contribution in [3.05, 3.63) is 58.7 Å². The van der Waals surface area contributed by atoms with E-state index in [-0.39, 0.29) is 6.61 Å². The third-order valence-corrected chi connectivity index (χ3v) is 4.81. The highest BCUT2D eigenvalue weighted by atomic mass is 16.5. The van der Waals surface area contributed by atoms with Gasteiger partial charge in [-0.25, -0.2) is 5.48 Å². The summed E-state index contributed by atoms with van der Waals surface area (Å²) in [5, 5.41) is 8.81. The molecule has 0 atom stereocenters. The monoisotopic (exact) mass is 457 g/mol. The third-order valence-electron chi connectivity index (χ3n) is 4.81. The molecule has 0 saturated carbocycles. The van der Waals surface area contributed by atoms with Crippen molar-refractivity contribution in [2.45, 2.75) is 26.9 Å². The number of methoxy groups -OCH3 is 4. The summed E-state index contributed by atoms with van der Waals surface area (Å²) >= 11 is 0. The minimum absolute atomic E-state index is 0.193. The van der Waals surface area contributed by atoms with Crippen LogP contribution in [0, 0.1) is 0 Å². The maximum atomic E-state index is 11.5. The van der Waals surface area contributed by atoms with E-state index in [0.717, 1.165) is 16.7 Å². The number of hydrogen-bond donors (Lipinski definition) is 2. The van der Waals surface area contributed by atoms with E-state index in [0.29, 0.717) is 40.7 Å². The Labute approximate surface area is 194 Å². The number of carbonyl (C=O) groups is 1. The summed E-state index contributed by atoms with van der Waals surface area (Å²) in [6, 6.07) is 7.23. The Morgan fingerprint density at radius 3 is 2.09 bits per heavy atom. The van der Waals surface area contributed by atoms with Gasteiger partial charge in [-0.15, -0.1) is 0 Å². The maximum absolute atomic E-state index is 11.5. The first-order chi connectivity index (χ1) is 15.9. The van der Waals surface area contributed by atoms with E-state index < -0.39 is 5.91 Å². The van der Waals surface area contributed by atoms with Crippen LogP contribution in [0.15, 0.2) is 42.0 Å². The van der Waals surface area contributed by atoms with E-state index >= 15 is 0 Å². The average molecular weight is 458 g/mol. The molecule has 2 aromatic rings. The highest BCUT2D eigenvalue weighted by Gasteiger charge is 2.17. The molecule has 0 heterocycles. The molecule has 2 N–H and O–H groups in total. The van der Waals surface area contributed by atoms with Crippen molar-refractivity contribution in [3.8, 4) is 28.7 Å². The Morgan fingerprint density at radius 1 is 0.939 bits per heavy atom. The molecule has 0 aliphatic heterocycles. The predicted molar refractivity (Wildman–Crippen MR) is 126 cm³/mol. The molecule has 8 heteroatoms. The number of nitrogens with one attached hydrogen (secondary N) is 1. The van der Waals surface area contributed by atoms with Gasteiger partial charge in [0.1, 0.15) is 18.1 Å². The van der Waals surface area contributed by atoms with Crippen LogP contribution in [0.3, 0.4) is 0 Å². The van der Waals surface area contributed by atoms with E-state index in [1.54, 1.807) is 46.1 Å². The van der Waals surface area contributed by atoms with Crippen molar-refractivity contribution in [1.82, 2.24) is 5.48 Å². The number of amides is 1. The first kappa shape index (κ1) is 25.6. The number of hydroxylamine groups is 1. The van der Waals surface area contributed by atoms with Gasteiger partial charge in [-0.05, 0) is 56.2 Å². The standard InChI is InChI=1S/C25H31NO7/c1-16(2)7-10-19-20(29-3)11-8-18(9-12-23(27)26-28)24(19)33-15-17-13-21(30-4)25(32-6)22(14-17)31-5/h7-9,11-14,28H,10,15H2,1-6H3,(H,26,27)/b12-9-. The summed E-state index contributed by atoms with van der Waals surface area (Å²) in [7, 11) is 6.25. The van der Waals surface area contributed by atoms with Crippen LogP contribution in [-0.4, -0.2) is 39.6 Å². The summed E-state index contributed by atoms with van der Waals surface area (Å²) in [6.45, 7) is 4.22. The van der Waals surface area contributed by atoms with Gasteiger partial charge in [0, 0.05) is 17.2 Å². The zero-order valence-corrected chi connectivity index (χ0v) is 19.9. The molecule has 2 rings (SSSR count). The summed E-state index contributed by atoms with van der Waals surface area (Å²) in [5.41, 5.74) is 5.01. The fourth-order valence-corrected chi connectivity index (χ4v) is 3.20. The lowest BCUT2D eigenvalue weighted by Crippen LogP contribution is -2.14. The molecule has 0 aliphatic carbocycles. The Bertz CT molecular complexity index is 999. The molecule has 0 unspecified atom stereocenters. The van der Waals surface area contributed by atoms with Crippen molar-refractivity contribution in [3.63, 3.8) is 0 Å². The fourth-order valence-electron chi connectivity index (χ4n) is 3.20. The smallest absolute Gasteiger partial charge is 0.267 e. The quantitative estimate of drug-likeness (QED) is 0.224. The zero-order chi connectivity index (χ0) is 24.4. The summed E-state index contributed by atoms with van der Waals surface area (Å²) in [6.07, 6.45) is 5.43. The number of allylic oxidation sites excluding steroid dienone is 2. The molecule has 0 saturated heterocycles. The molecule has 178 valence electrons. The molecule has 0 aromatic heterocycles. The van der Waals surface area contributed by atoms with Crippen molar-refractivity contribution in [1.29, 1.82) is 0 Å². The molecule has 0 radical (unpaired) electrons. The van der Waals surface area contributed by atoms with E-state index in [9.17, 15) is 4.79 Å². The Kier molecular flexibility index (Phi) is 9.62. The van der Waals surface area contributed by atoms with Crippen LogP contribution in [0.1, 0.15) is 30.5 Å². The van der Waals surface area contributed by atoms with E-state index in [1.165, 1.54) is 6.08 Å². The molecule has 0 bridgehead atoms. The maximum Gasteiger partial charge on any atom is 0.267 e. The lowest BCUT2D eigenvalue weighted by Gasteiger charge is -2.18. The molecule has 0 aliphatic rings. The normalized spacial score (nSPS) is 10.5. The van der Waals surface area contributed by atoms with Crippen LogP contribution >= 0.6 is 0 Å². The predicted octanol–water partition coefficient (Wildman–Crippen LogP) is 4.33. The van der Waals surface area contributed by atoms with E-state index in [1.807, 2.05) is 32.0 Å². The van der Waals surface area contributed by atoms with Gasteiger partial charge in [0.2, 0.25) is 5.75 Å². The van der Waals surface area contributed by atoms with Crippen molar-refractivity contribution < 1.29 is 33.7 Å². The first-order valence-corrected chi connectivity index (χ1v) is 10.3. The molecule has 0 spiro atoms. The molecule has 0 fully saturated rings. The number of rotatable bonds is 11. The van der Waals surface area contributed by atoms with Crippen molar-refractivity contribution in [2.75, 3.05) is 28.4 Å². The molecule has 2 aromatic carbocycles. The molecule has 33 heavy (non-hydrogen) atoms. The van der Waals surface area contributed by atoms with Crippen LogP contribution in [0.4, 0.5) is 0 Å². The van der Waals surface area contributed by atoms with Crippen molar-refractivity contribution in [2.24, 2.45) is 0 Å². The summed E-state index contributed by atoms with van der Waals surface area (Å²) < 4.78 is 28.1. The van der Waals surface area contributed by atoms with Gasteiger partial charge < -0.3 is 23.7 Å². The van der Waals surface area contributed by atoms with Crippen LogP contribution in [0.25, 0.3) is 6.08 Å². The van der Waals surface area contributed by atoms with Crippen molar-refractivity contribution >= 4 is 12.0 Å². The second-order valence-corrected chi connectivity index (χ2v) is 7.28. The van der Waals surface area contributed by atoms with Crippen LogP contribution < -0.4 is 29.2 Å². The highest BCUT2D eigenvalue weighted by Crippen LogP contribution is 2.39. The van der Waals surface area contributed by atoms with Gasteiger partial charge >= 0.3 is 0 Å². The third kappa shape index (κ3) is 6.66. The van der Waals surface area contributed by atoms with Gasteiger partial charge in [-0.1, -0.05) is 11.6 Å². The fraction of sp³-hybridized carbons (Fsp3) is 0.320. The Balaban J connectivity index is 2.53. The lowest BCUT2D eigenvalue weighted by atomic mass is 10.0. The van der Waals surface area contributed by atoms with Gasteiger partial charge in [0.15, 0.2) is 11.5 Å². The van der Waals surface area contributed by atoms with Crippen LogP contribution in [0.5, 0.6) is 28.7 Å². The van der Waals surface area contributed by atoms with Gasteiger partial charge in [0.25, 0.3) is 5.91 Å².